The largest absolute Gasteiger partial charge is 0.484 e. The Kier molecular flexibility index (Phi) is 6.52. The number of ether oxygens (including phenoxy) is 1. The molecule has 1 aromatic rings. The summed E-state index contributed by atoms with van der Waals surface area (Å²) in [4.78, 5) is 13.6. The van der Waals surface area contributed by atoms with Crippen molar-refractivity contribution in [3.8, 4) is 5.75 Å². The van der Waals surface area contributed by atoms with Gasteiger partial charge in [0.05, 0.1) is 5.02 Å². The van der Waals surface area contributed by atoms with E-state index in [-0.39, 0.29) is 36.0 Å². The van der Waals surface area contributed by atoms with Crippen LogP contribution in [-0.2, 0) is 4.79 Å². The van der Waals surface area contributed by atoms with Crippen molar-refractivity contribution in [1.29, 1.82) is 0 Å². The molecular weight excluding hydrogens is 306 g/mol. The molecule has 1 saturated heterocycles. The Morgan fingerprint density at radius 2 is 2.10 bits per heavy atom. The average molecular weight is 323 g/mol. The van der Waals surface area contributed by atoms with Gasteiger partial charge in [-0.25, -0.2) is 4.39 Å². The number of amides is 1. The molecule has 1 fully saturated rings. The Labute approximate surface area is 128 Å². The van der Waals surface area contributed by atoms with Gasteiger partial charge < -0.3 is 15.4 Å². The molecule has 1 aromatic carbocycles. The maximum atomic E-state index is 13.0. The third kappa shape index (κ3) is 4.51. The van der Waals surface area contributed by atoms with E-state index >= 15 is 0 Å². The Bertz CT molecular complexity index is 466. The van der Waals surface area contributed by atoms with E-state index in [1.807, 2.05) is 0 Å². The predicted molar refractivity (Wildman–Crippen MR) is 77.9 cm³/mol. The number of nitrogens with zero attached hydrogens (tertiary/aromatic N) is 1. The van der Waals surface area contributed by atoms with Crippen LogP contribution in [-0.4, -0.2) is 36.5 Å². The summed E-state index contributed by atoms with van der Waals surface area (Å²) in [6.45, 7) is 1.25. The summed E-state index contributed by atoms with van der Waals surface area (Å²) >= 11 is 5.63. The summed E-state index contributed by atoms with van der Waals surface area (Å²) in [7, 11) is 0. The standard InChI is InChI=1S/C13H16ClFN2O2.ClH/c14-11-7-10(1-2-12(11)15)19-8-13(18)17-5-3-9(16)4-6-17;/h1-2,7,9H,3-6,8,16H2;1H. The first-order valence-corrected chi connectivity index (χ1v) is 6.55. The third-order valence-electron chi connectivity index (χ3n) is 3.15. The van der Waals surface area contributed by atoms with Gasteiger partial charge in [-0.1, -0.05) is 11.6 Å². The van der Waals surface area contributed by atoms with Crippen LogP contribution in [0.1, 0.15) is 12.8 Å². The molecule has 7 heteroatoms. The highest BCUT2D eigenvalue weighted by Crippen LogP contribution is 2.21. The number of piperidine rings is 1. The van der Waals surface area contributed by atoms with Gasteiger partial charge in [0, 0.05) is 25.2 Å². The molecule has 1 heterocycles. The monoisotopic (exact) mass is 322 g/mol. The van der Waals surface area contributed by atoms with Crippen LogP contribution in [0.3, 0.4) is 0 Å². The van der Waals surface area contributed by atoms with Gasteiger partial charge in [-0.3, -0.25) is 4.79 Å². The number of rotatable bonds is 3. The van der Waals surface area contributed by atoms with Crippen LogP contribution in [0.5, 0.6) is 5.75 Å². The summed E-state index contributed by atoms with van der Waals surface area (Å²) in [6.07, 6.45) is 1.63. The fraction of sp³-hybridized carbons (Fsp3) is 0.462. The lowest BCUT2D eigenvalue weighted by atomic mass is 10.1. The topological polar surface area (TPSA) is 55.6 Å². The highest BCUT2D eigenvalue weighted by atomic mass is 35.5. The molecule has 0 unspecified atom stereocenters. The number of benzene rings is 1. The molecule has 4 nitrogen and oxygen atoms in total. The number of halogens is 3. The quantitative estimate of drug-likeness (QED) is 0.928. The number of carbonyl (C=O) groups is 1. The Morgan fingerprint density at radius 1 is 1.45 bits per heavy atom. The highest BCUT2D eigenvalue weighted by molar-refractivity contribution is 6.30. The van der Waals surface area contributed by atoms with Gasteiger partial charge in [-0.05, 0) is 25.0 Å². The summed E-state index contributed by atoms with van der Waals surface area (Å²) in [6, 6.07) is 4.19. The Hall–Kier alpha value is -1.04. The molecule has 0 aliphatic carbocycles. The lowest BCUT2D eigenvalue weighted by Crippen LogP contribution is -2.44. The molecule has 0 radical (unpaired) electrons. The van der Waals surface area contributed by atoms with Gasteiger partial charge in [0.1, 0.15) is 11.6 Å². The van der Waals surface area contributed by atoms with Crippen LogP contribution >= 0.6 is 24.0 Å². The zero-order valence-electron chi connectivity index (χ0n) is 10.9. The molecule has 1 aliphatic rings. The van der Waals surface area contributed by atoms with Gasteiger partial charge in [0.2, 0.25) is 0 Å². The van der Waals surface area contributed by atoms with E-state index in [9.17, 15) is 9.18 Å². The van der Waals surface area contributed by atoms with Gasteiger partial charge in [0.15, 0.2) is 6.61 Å². The summed E-state index contributed by atoms with van der Waals surface area (Å²) in [5.74, 6) is -0.217. The molecule has 0 spiro atoms. The first-order chi connectivity index (χ1) is 9.06. The van der Waals surface area contributed by atoms with Gasteiger partial charge >= 0.3 is 0 Å². The molecular formula is C13H17Cl2FN2O2. The second-order valence-electron chi connectivity index (χ2n) is 4.58. The van der Waals surface area contributed by atoms with E-state index < -0.39 is 5.82 Å². The number of hydrogen-bond donors (Lipinski definition) is 1. The van der Waals surface area contributed by atoms with Crippen molar-refractivity contribution in [3.05, 3.63) is 29.0 Å². The second kappa shape index (κ2) is 7.67. The molecule has 0 saturated carbocycles. The van der Waals surface area contributed by atoms with Gasteiger partial charge in [-0.2, -0.15) is 0 Å². The van der Waals surface area contributed by atoms with Crippen LogP contribution in [0.25, 0.3) is 0 Å². The van der Waals surface area contributed by atoms with Gasteiger partial charge in [-0.15, -0.1) is 12.4 Å². The third-order valence-corrected chi connectivity index (χ3v) is 3.44. The van der Waals surface area contributed by atoms with E-state index in [0.29, 0.717) is 18.8 Å². The smallest absolute Gasteiger partial charge is 0.260 e. The van der Waals surface area contributed by atoms with E-state index in [1.165, 1.54) is 18.2 Å². The molecule has 1 aliphatic heterocycles. The van der Waals surface area contributed by atoms with Crippen molar-refractivity contribution in [3.63, 3.8) is 0 Å². The van der Waals surface area contributed by atoms with Crippen LogP contribution in [0.2, 0.25) is 5.02 Å². The van der Waals surface area contributed by atoms with Crippen molar-refractivity contribution in [2.45, 2.75) is 18.9 Å². The van der Waals surface area contributed by atoms with Crippen LogP contribution in [0.15, 0.2) is 18.2 Å². The van der Waals surface area contributed by atoms with Crippen LogP contribution in [0.4, 0.5) is 4.39 Å². The number of nitrogens with two attached hydrogens (primary N) is 1. The molecule has 0 atom stereocenters. The first kappa shape index (κ1) is 17.0. The molecule has 2 N–H and O–H groups in total. The Balaban J connectivity index is 0.00000200. The van der Waals surface area contributed by atoms with Crippen molar-refractivity contribution < 1.29 is 13.9 Å². The van der Waals surface area contributed by atoms with E-state index in [0.717, 1.165) is 12.8 Å². The highest BCUT2D eigenvalue weighted by Gasteiger charge is 2.20. The van der Waals surface area contributed by atoms with E-state index in [2.05, 4.69) is 0 Å². The van der Waals surface area contributed by atoms with Crippen molar-refractivity contribution >= 4 is 29.9 Å². The number of hydrogen-bond acceptors (Lipinski definition) is 3. The molecule has 2 rings (SSSR count). The maximum Gasteiger partial charge on any atom is 0.260 e. The lowest BCUT2D eigenvalue weighted by molar-refractivity contribution is -0.134. The lowest BCUT2D eigenvalue weighted by Gasteiger charge is -2.30. The maximum absolute atomic E-state index is 13.0. The minimum Gasteiger partial charge on any atom is -0.484 e. The van der Waals surface area contributed by atoms with E-state index in [1.54, 1.807) is 4.90 Å². The fourth-order valence-electron chi connectivity index (χ4n) is 1.95. The Morgan fingerprint density at radius 3 is 2.70 bits per heavy atom. The summed E-state index contributed by atoms with van der Waals surface area (Å²) in [5.41, 5.74) is 5.77. The minimum atomic E-state index is -0.509. The zero-order chi connectivity index (χ0) is 13.8. The first-order valence-electron chi connectivity index (χ1n) is 6.17. The molecule has 112 valence electrons. The SMILES string of the molecule is Cl.NC1CCN(C(=O)COc2ccc(F)c(Cl)c2)CC1. The number of carbonyl (C=O) groups excluding carboxylic acids is 1. The molecule has 0 aromatic heterocycles. The van der Waals surface area contributed by atoms with Crippen molar-refractivity contribution in [2.24, 2.45) is 5.73 Å². The van der Waals surface area contributed by atoms with Gasteiger partial charge in [0.25, 0.3) is 5.91 Å². The normalized spacial score (nSPS) is 15.7. The minimum absolute atomic E-state index is 0. The average Bonchev–Trinajstić information content (AvgIpc) is 2.40. The molecule has 0 bridgehead atoms. The summed E-state index contributed by atoms with van der Waals surface area (Å²) in [5, 5.41) is -0.0195. The predicted octanol–water partition coefficient (Wildman–Crippen LogP) is 2.23. The van der Waals surface area contributed by atoms with Crippen molar-refractivity contribution in [1.82, 2.24) is 4.90 Å². The van der Waals surface area contributed by atoms with Crippen LogP contribution < -0.4 is 10.5 Å². The fourth-order valence-corrected chi connectivity index (χ4v) is 2.12. The number of likely N-dealkylation sites (tertiary alicyclic amines) is 1. The molecule has 20 heavy (non-hydrogen) atoms. The molecule has 1 amide bonds. The second-order valence-corrected chi connectivity index (χ2v) is 4.99. The summed E-state index contributed by atoms with van der Waals surface area (Å²) < 4.78 is 18.3. The van der Waals surface area contributed by atoms with E-state index in [4.69, 9.17) is 22.1 Å². The van der Waals surface area contributed by atoms with Crippen molar-refractivity contribution in [2.75, 3.05) is 19.7 Å². The van der Waals surface area contributed by atoms with Crippen LogP contribution in [0, 0.1) is 5.82 Å². The zero-order valence-corrected chi connectivity index (χ0v) is 12.4.